The molecule has 0 aromatic heterocycles. The SMILES string of the molecule is CCCCC[C@@H](C)NC(=O)[C@H]1CC(=O)Nc2cc(F)ccc21. The van der Waals surface area contributed by atoms with E-state index in [9.17, 15) is 14.0 Å². The second kappa shape index (κ2) is 7.38. The first kappa shape index (κ1) is 16.5. The molecular formula is C17H23FN2O2. The van der Waals surface area contributed by atoms with Crippen molar-refractivity contribution in [3.8, 4) is 0 Å². The molecule has 1 heterocycles. The van der Waals surface area contributed by atoms with Gasteiger partial charge in [0.25, 0.3) is 0 Å². The molecule has 2 amide bonds. The summed E-state index contributed by atoms with van der Waals surface area (Å²) in [6.45, 7) is 4.11. The second-order valence-corrected chi connectivity index (χ2v) is 5.94. The molecule has 1 aromatic carbocycles. The molecule has 0 saturated heterocycles. The third-order valence-corrected chi connectivity index (χ3v) is 4.00. The van der Waals surface area contributed by atoms with E-state index in [2.05, 4.69) is 17.6 Å². The van der Waals surface area contributed by atoms with Crippen LogP contribution in [0.25, 0.3) is 0 Å². The molecule has 4 nitrogen and oxygen atoms in total. The van der Waals surface area contributed by atoms with Crippen molar-refractivity contribution in [2.75, 3.05) is 5.32 Å². The predicted octanol–water partition coefficient (Wildman–Crippen LogP) is 3.34. The van der Waals surface area contributed by atoms with Gasteiger partial charge in [-0.1, -0.05) is 32.3 Å². The number of halogens is 1. The lowest BCUT2D eigenvalue weighted by Gasteiger charge is -2.26. The summed E-state index contributed by atoms with van der Waals surface area (Å²) in [6.07, 6.45) is 4.39. The molecule has 120 valence electrons. The number of carbonyl (C=O) groups excluding carboxylic acids is 2. The quantitative estimate of drug-likeness (QED) is 0.792. The molecule has 2 atom stereocenters. The lowest BCUT2D eigenvalue weighted by atomic mass is 9.89. The van der Waals surface area contributed by atoms with Gasteiger partial charge in [0.2, 0.25) is 11.8 Å². The highest BCUT2D eigenvalue weighted by Gasteiger charge is 2.31. The van der Waals surface area contributed by atoms with E-state index in [0.29, 0.717) is 11.3 Å². The van der Waals surface area contributed by atoms with Crippen LogP contribution >= 0.6 is 0 Å². The Morgan fingerprint density at radius 3 is 2.95 bits per heavy atom. The van der Waals surface area contributed by atoms with Crippen LogP contribution in [-0.2, 0) is 9.59 Å². The average Bonchev–Trinajstić information content (AvgIpc) is 2.46. The number of rotatable bonds is 6. The second-order valence-electron chi connectivity index (χ2n) is 5.94. The minimum absolute atomic E-state index is 0.0768. The molecule has 0 saturated carbocycles. The third-order valence-electron chi connectivity index (χ3n) is 4.00. The zero-order valence-corrected chi connectivity index (χ0v) is 13.1. The summed E-state index contributed by atoms with van der Waals surface area (Å²) in [7, 11) is 0. The Bertz CT molecular complexity index is 560. The van der Waals surface area contributed by atoms with E-state index >= 15 is 0 Å². The van der Waals surface area contributed by atoms with Crippen molar-refractivity contribution in [1.29, 1.82) is 0 Å². The van der Waals surface area contributed by atoms with E-state index in [4.69, 9.17) is 0 Å². The number of hydrogen-bond donors (Lipinski definition) is 2. The van der Waals surface area contributed by atoms with Crippen LogP contribution in [0, 0.1) is 5.82 Å². The number of nitrogens with one attached hydrogen (secondary N) is 2. The van der Waals surface area contributed by atoms with Crippen molar-refractivity contribution in [3.05, 3.63) is 29.6 Å². The smallest absolute Gasteiger partial charge is 0.228 e. The van der Waals surface area contributed by atoms with Gasteiger partial charge >= 0.3 is 0 Å². The van der Waals surface area contributed by atoms with Crippen molar-refractivity contribution >= 4 is 17.5 Å². The van der Waals surface area contributed by atoms with E-state index in [-0.39, 0.29) is 24.3 Å². The summed E-state index contributed by atoms with van der Waals surface area (Å²) in [5.41, 5.74) is 1.08. The Labute approximate surface area is 130 Å². The van der Waals surface area contributed by atoms with E-state index in [1.54, 1.807) is 6.07 Å². The molecule has 0 bridgehead atoms. The molecular weight excluding hydrogens is 283 g/mol. The molecule has 0 aliphatic carbocycles. The summed E-state index contributed by atoms with van der Waals surface area (Å²) < 4.78 is 13.3. The highest BCUT2D eigenvalue weighted by Crippen LogP contribution is 2.32. The fourth-order valence-corrected chi connectivity index (χ4v) is 2.79. The van der Waals surface area contributed by atoms with Crippen LogP contribution in [0.3, 0.4) is 0 Å². The number of amides is 2. The van der Waals surface area contributed by atoms with Crippen LogP contribution < -0.4 is 10.6 Å². The zero-order valence-electron chi connectivity index (χ0n) is 13.1. The summed E-state index contributed by atoms with van der Waals surface area (Å²) >= 11 is 0. The van der Waals surface area contributed by atoms with Gasteiger partial charge in [-0.25, -0.2) is 4.39 Å². The number of carbonyl (C=O) groups is 2. The Morgan fingerprint density at radius 2 is 2.23 bits per heavy atom. The minimum Gasteiger partial charge on any atom is -0.353 e. The molecule has 0 unspecified atom stereocenters. The number of benzene rings is 1. The molecule has 0 radical (unpaired) electrons. The van der Waals surface area contributed by atoms with Gasteiger partial charge in [0, 0.05) is 18.2 Å². The first-order valence-corrected chi connectivity index (χ1v) is 7.91. The first-order chi connectivity index (χ1) is 10.5. The van der Waals surface area contributed by atoms with Crippen molar-refractivity contribution in [3.63, 3.8) is 0 Å². The van der Waals surface area contributed by atoms with Gasteiger partial charge in [-0.15, -0.1) is 0 Å². The lowest BCUT2D eigenvalue weighted by molar-refractivity contribution is -0.126. The summed E-state index contributed by atoms with van der Waals surface area (Å²) in [4.78, 5) is 24.2. The van der Waals surface area contributed by atoms with Crippen LogP contribution in [0.2, 0.25) is 0 Å². The number of unbranched alkanes of at least 4 members (excludes halogenated alkanes) is 2. The van der Waals surface area contributed by atoms with E-state index in [1.807, 2.05) is 6.92 Å². The van der Waals surface area contributed by atoms with Crippen LogP contribution in [0.4, 0.5) is 10.1 Å². The fourth-order valence-electron chi connectivity index (χ4n) is 2.79. The van der Waals surface area contributed by atoms with Gasteiger partial charge < -0.3 is 10.6 Å². The Kier molecular flexibility index (Phi) is 5.52. The summed E-state index contributed by atoms with van der Waals surface area (Å²) in [6, 6.07) is 4.24. The van der Waals surface area contributed by atoms with Crippen molar-refractivity contribution < 1.29 is 14.0 Å². The van der Waals surface area contributed by atoms with Crippen LogP contribution in [0.1, 0.15) is 57.4 Å². The molecule has 5 heteroatoms. The monoisotopic (exact) mass is 306 g/mol. The van der Waals surface area contributed by atoms with Gasteiger partial charge in [-0.3, -0.25) is 9.59 Å². The molecule has 2 N–H and O–H groups in total. The van der Waals surface area contributed by atoms with Crippen LogP contribution in [-0.4, -0.2) is 17.9 Å². The van der Waals surface area contributed by atoms with Crippen molar-refractivity contribution in [2.24, 2.45) is 0 Å². The minimum atomic E-state index is -0.544. The molecule has 1 aliphatic rings. The number of fused-ring (bicyclic) bond motifs is 1. The predicted molar refractivity (Wildman–Crippen MR) is 84.1 cm³/mol. The van der Waals surface area contributed by atoms with Gasteiger partial charge in [-0.05, 0) is 31.0 Å². The van der Waals surface area contributed by atoms with Crippen molar-refractivity contribution in [2.45, 2.75) is 57.9 Å². The van der Waals surface area contributed by atoms with Gasteiger partial charge in [0.05, 0.1) is 5.92 Å². The topological polar surface area (TPSA) is 58.2 Å². The lowest BCUT2D eigenvalue weighted by Crippen LogP contribution is -2.39. The van der Waals surface area contributed by atoms with Crippen molar-refractivity contribution in [1.82, 2.24) is 5.32 Å². The largest absolute Gasteiger partial charge is 0.353 e. The standard InChI is InChI=1S/C17H23FN2O2/c1-3-4-5-6-11(2)19-17(22)14-10-16(21)20-15-9-12(18)7-8-13(14)15/h7-9,11,14H,3-6,10H2,1-2H3,(H,19,22)(H,20,21)/t11-,14+/m1/s1. The summed E-state index contributed by atoms with van der Waals surface area (Å²) in [5.74, 6) is -1.38. The summed E-state index contributed by atoms with van der Waals surface area (Å²) in [5, 5.41) is 5.59. The molecule has 1 aliphatic heterocycles. The Morgan fingerprint density at radius 1 is 1.45 bits per heavy atom. The first-order valence-electron chi connectivity index (χ1n) is 7.91. The zero-order chi connectivity index (χ0) is 16.1. The van der Waals surface area contributed by atoms with Gasteiger partial charge in [0.1, 0.15) is 5.82 Å². The van der Waals surface area contributed by atoms with Gasteiger partial charge in [-0.2, -0.15) is 0 Å². The van der Waals surface area contributed by atoms with E-state index in [1.165, 1.54) is 12.1 Å². The normalized spacial score (nSPS) is 18.3. The maximum Gasteiger partial charge on any atom is 0.228 e. The van der Waals surface area contributed by atoms with Gasteiger partial charge in [0.15, 0.2) is 0 Å². The number of anilines is 1. The highest BCUT2D eigenvalue weighted by atomic mass is 19.1. The van der Waals surface area contributed by atoms with Crippen LogP contribution in [0.15, 0.2) is 18.2 Å². The molecule has 2 rings (SSSR count). The maximum absolute atomic E-state index is 13.3. The maximum atomic E-state index is 13.3. The number of hydrogen-bond acceptors (Lipinski definition) is 2. The molecule has 1 aromatic rings. The Balaban J connectivity index is 2.05. The van der Waals surface area contributed by atoms with Crippen LogP contribution in [0.5, 0.6) is 0 Å². The average molecular weight is 306 g/mol. The molecule has 0 fully saturated rings. The molecule has 0 spiro atoms. The van der Waals surface area contributed by atoms with E-state index in [0.717, 1.165) is 25.7 Å². The third kappa shape index (κ3) is 4.06. The Hall–Kier alpha value is -1.91. The van der Waals surface area contributed by atoms with E-state index < -0.39 is 11.7 Å². The fraction of sp³-hybridized carbons (Fsp3) is 0.529. The highest BCUT2D eigenvalue weighted by molar-refractivity contribution is 6.01. The molecule has 22 heavy (non-hydrogen) atoms.